The lowest BCUT2D eigenvalue weighted by atomic mass is 10.1. The lowest BCUT2D eigenvalue weighted by Gasteiger charge is -2.17. The van der Waals surface area contributed by atoms with E-state index in [0.29, 0.717) is 11.1 Å². The van der Waals surface area contributed by atoms with E-state index in [1.807, 2.05) is 0 Å². The van der Waals surface area contributed by atoms with Crippen LogP contribution >= 0.6 is 11.6 Å². The third-order valence-corrected chi connectivity index (χ3v) is 3.78. The molecule has 2 rings (SSSR count). The topological polar surface area (TPSA) is 12.0 Å². The molecule has 0 radical (unpaired) electrons. The second-order valence-corrected chi connectivity index (χ2v) is 5.04. The molecule has 1 aliphatic carbocycles. The van der Waals surface area contributed by atoms with Crippen LogP contribution in [0.15, 0.2) is 18.2 Å². The molecule has 0 saturated heterocycles. The van der Waals surface area contributed by atoms with Crippen molar-refractivity contribution >= 4 is 11.6 Å². The summed E-state index contributed by atoms with van der Waals surface area (Å²) in [6.45, 7) is 3.01. The van der Waals surface area contributed by atoms with Crippen LogP contribution in [0.4, 0.5) is 4.39 Å². The standard InChI is InChI=1S/C13H17ClFN/c1-9-3-2-4-13(9)16-8-10-5-6-11(15)7-12(10)14/h5-7,9,13,16H,2-4,8H2,1H3. The van der Waals surface area contributed by atoms with Crippen molar-refractivity contribution in [1.82, 2.24) is 5.32 Å². The van der Waals surface area contributed by atoms with Gasteiger partial charge in [-0.05, 0) is 36.5 Å². The maximum atomic E-state index is 12.8. The highest BCUT2D eigenvalue weighted by molar-refractivity contribution is 6.31. The summed E-state index contributed by atoms with van der Waals surface area (Å²) in [5.74, 6) is 0.460. The first-order chi connectivity index (χ1) is 7.66. The molecule has 0 aromatic heterocycles. The van der Waals surface area contributed by atoms with Gasteiger partial charge in [-0.15, -0.1) is 0 Å². The van der Waals surface area contributed by atoms with Gasteiger partial charge in [0, 0.05) is 17.6 Å². The van der Waals surface area contributed by atoms with Gasteiger partial charge in [-0.3, -0.25) is 0 Å². The van der Waals surface area contributed by atoms with Crippen LogP contribution in [0.5, 0.6) is 0 Å². The Balaban J connectivity index is 1.94. The Hall–Kier alpha value is -0.600. The normalized spacial score (nSPS) is 24.9. The second kappa shape index (κ2) is 5.15. The van der Waals surface area contributed by atoms with Gasteiger partial charge < -0.3 is 5.32 Å². The van der Waals surface area contributed by atoms with Crippen molar-refractivity contribution in [1.29, 1.82) is 0 Å². The fourth-order valence-corrected chi connectivity index (χ4v) is 2.59. The van der Waals surface area contributed by atoms with Crippen molar-refractivity contribution in [2.75, 3.05) is 0 Å². The maximum absolute atomic E-state index is 12.8. The number of hydrogen-bond donors (Lipinski definition) is 1. The fourth-order valence-electron chi connectivity index (χ4n) is 2.35. The lowest BCUT2D eigenvalue weighted by molar-refractivity contribution is 0.426. The predicted octanol–water partition coefficient (Wildman–Crippen LogP) is 3.76. The number of hydrogen-bond acceptors (Lipinski definition) is 1. The molecular formula is C13H17ClFN. The molecule has 0 amide bonds. The van der Waals surface area contributed by atoms with Crippen LogP contribution in [0, 0.1) is 11.7 Å². The van der Waals surface area contributed by atoms with Gasteiger partial charge in [-0.25, -0.2) is 4.39 Å². The van der Waals surface area contributed by atoms with E-state index in [1.165, 1.54) is 31.4 Å². The zero-order valence-electron chi connectivity index (χ0n) is 9.47. The van der Waals surface area contributed by atoms with Crippen LogP contribution in [-0.4, -0.2) is 6.04 Å². The predicted molar refractivity (Wildman–Crippen MR) is 65.1 cm³/mol. The van der Waals surface area contributed by atoms with Crippen LogP contribution in [0.2, 0.25) is 5.02 Å². The number of benzene rings is 1. The van der Waals surface area contributed by atoms with E-state index in [4.69, 9.17) is 11.6 Å². The third-order valence-electron chi connectivity index (χ3n) is 3.43. The first-order valence-corrected chi connectivity index (χ1v) is 6.22. The summed E-state index contributed by atoms with van der Waals surface area (Å²) in [6, 6.07) is 5.17. The molecule has 2 unspecified atom stereocenters. The van der Waals surface area contributed by atoms with E-state index >= 15 is 0 Å². The van der Waals surface area contributed by atoms with Crippen LogP contribution in [0.1, 0.15) is 31.7 Å². The number of rotatable bonds is 3. The molecule has 16 heavy (non-hydrogen) atoms. The first kappa shape index (κ1) is 11.9. The highest BCUT2D eigenvalue weighted by Crippen LogP contribution is 2.25. The Labute approximate surface area is 101 Å². The molecule has 1 nitrogen and oxygen atoms in total. The second-order valence-electron chi connectivity index (χ2n) is 4.63. The minimum Gasteiger partial charge on any atom is -0.310 e. The summed E-state index contributed by atoms with van der Waals surface area (Å²) in [7, 11) is 0. The molecule has 1 saturated carbocycles. The summed E-state index contributed by atoms with van der Waals surface area (Å²) in [5, 5.41) is 4.01. The van der Waals surface area contributed by atoms with Crippen molar-refractivity contribution in [3.8, 4) is 0 Å². The first-order valence-electron chi connectivity index (χ1n) is 5.84. The smallest absolute Gasteiger partial charge is 0.124 e. The van der Waals surface area contributed by atoms with Crippen LogP contribution in [-0.2, 0) is 6.54 Å². The molecule has 0 heterocycles. The molecule has 0 aliphatic heterocycles. The van der Waals surface area contributed by atoms with E-state index in [9.17, 15) is 4.39 Å². The number of nitrogens with one attached hydrogen (secondary N) is 1. The van der Waals surface area contributed by atoms with Gasteiger partial charge >= 0.3 is 0 Å². The summed E-state index contributed by atoms with van der Waals surface area (Å²) >= 11 is 5.97. The summed E-state index contributed by atoms with van der Waals surface area (Å²) in [4.78, 5) is 0. The van der Waals surface area contributed by atoms with Crippen molar-refractivity contribution in [3.63, 3.8) is 0 Å². The Kier molecular flexibility index (Phi) is 3.82. The van der Waals surface area contributed by atoms with Crippen LogP contribution in [0.25, 0.3) is 0 Å². The molecule has 0 bridgehead atoms. The SMILES string of the molecule is CC1CCCC1NCc1ccc(F)cc1Cl. The van der Waals surface area contributed by atoms with Crippen molar-refractivity contribution in [3.05, 3.63) is 34.6 Å². The summed E-state index contributed by atoms with van der Waals surface area (Å²) in [5.41, 5.74) is 0.974. The van der Waals surface area contributed by atoms with Gasteiger partial charge in [-0.2, -0.15) is 0 Å². The molecule has 1 aromatic rings. The molecule has 1 N–H and O–H groups in total. The molecule has 3 heteroatoms. The van der Waals surface area contributed by atoms with E-state index in [1.54, 1.807) is 6.07 Å². The van der Waals surface area contributed by atoms with Gasteiger partial charge in [0.1, 0.15) is 5.82 Å². The summed E-state index contributed by atoms with van der Waals surface area (Å²) in [6.07, 6.45) is 3.84. The zero-order valence-corrected chi connectivity index (χ0v) is 10.2. The lowest BCUT2D eigenvalue weighted by Crippen LogP contribution is -2.30. The minimum absolute atomic E-state index is 0.275. The molecule has 1 fully saturated rings. The Morgan fingerprint density at radius 3 is 2.88 bits per heavy atom. The molecular weight excluding hydrogens is 225 g/mol. The van der Waals surface area contributed by atoms with E-state index in [-0.39, 0.29) is 5.82 Å². The zero-order chi connectivity index (χ0) is 11.5. The van der Waals surface area contributed by atoms with E-state index in [0.717, 1.165) is 18.0 Å². The van der Waals surface area contributed by atoms with E-state index in [2.05, 4.69) is 12.2 Å². The highest BCUT2D eigenvalue weighted by atomic mass is 35.5. The quantitative estimate of drug-likeness (QED) is 0.850. The van der Waals surface area contributed by atoms with Crippen molar-refractivity contribution in [2.24, 2.45) is 5.92 Å². The Morgan fingerprint density at radius 2 is 2.25 bits per heavy atom. The number of halogens is 2. The van der Waals surface area contributed by atoms with Gasteiger partial charge in [0.25, 0.3) is 0 Å². The van der Waals surface area contributed by atoms with Crippen LogP contribution in [0.3, 0.4) is 0 Å². The molecule has 1 aromatic carbocycles. The average molecular weight is 242 g/mol. The molecule has 2 atom stereocenters. The van der Waals surface area contributed by atoms with Gasteiger partial charge in [0.2, 0.25) is 0 Å². The molecule has 88 valence electrons. The molecule has 1 aliphatic rings. The highest BCUT2D eigenvalue weighted by Gasteiger charge is 2.22. The largest absolute Gasteiger partial charge is 0.310 e. The average Bonchev–Trinajstić information content (AvgIpc) is 2.63. The monoisotopic (exact) mass is 241 g/mol. The fraction of sp³-hybridized carbons (Fsp3) is 0.538. The van der Waals surface area contributed by atoms with Crippen molar-refractivity contribution in [2.45, 2.75) is 38.8 Å². The minimum atomic E-state index is -0.275. The van der Waals surface area contributed by atoms with Crippen molar-refractivity contribution < 1.29 is 4.39 Å². The van der Waals surface area contributed by atoms with Gasteiger partial charge in [-0.1, -0.05) is 31.0 Å². The molecule has 0 spiro atoms. The van der Waals surface area contributed by atoms with Gasteiger partial charge in [0.15, 0.2) is 0 Å². The van der Waals surface area contributed by atoms with E-state index < -0.39 is 0 Å². The Bertz CT molecular complexity index is 367. The Morgan fingerprint density at radius 1 is 1.44 bits per heavy atom. The van der Waals surface area contributed by atoms with Crippen LogP contribution < -0.4 is 5.32 Å². The third kappa shape index (κ3) is 2.74. The summed E-state index contributed by atoms with van der Waals surface area (Å²) < 4.78 is 12.8. The maximum Gasteiger partial charge on any atom is 0.124 e. The van der Waals surface area contributed by atoms with Gasteiger partial charge in [0.05, 0.1) is 0 Å².